The highest BCUT2D eigenvalue weighted by Gasteiger charge is 2.03. The van der Waals surface area contributed by atoms with Crippen LogP contribution in [0.2, 0.25) is 0 Å². The number of rotatable bonds is 6. The Labute approximate surface area is 101 Å². The first kappa shape index (κ1) is 13.2. The maximum Gasteiger partial charge on any atom is 0.305 e. The van der Waals surface area contributed by atoms with E-state index in [-0.39, 0.29) is 18.9 Å². The summed E-state index contributed by atoms with van der Waals surface area (Å²) in [6.45, 7) is 2.21. The molecule has 0 unspecified atom stereocenters. The van der Waals surface area contributed by atoms with Crippen LogP contribution in [-0.2, 0) is 16.0 Å². The Hall–Kier alpha value is -1.84. The van der Waals surface area contributed by atoms with E-state index in [1.807, 2.05) is 31.2 Å². The highest BCUT2D eigenvalue weighted by molar-refractivity contribution is 5.77. The van der Waals surface area contributed by atoms with Gasteiger partial charge in [0.1, 0.15) is 0 Å². The van der Waals surface area contributed by atoms with E-state index in [2.05, 4.69) is 5.32 Å². The van der Waals surface area contributed by atoms with Crippen molar-refractivity contribution in [2.24, 2.45) is 0 Å². The molecule has 0 saturated heterocycles. The van der Waals surface area contributed by atoms with E-state index in [0.29, 0.717) is 12.8 Å². The molecule has 0 spiro atoms. The molecule has 2 N–H and O–H groups in total. The second-order valence-electron chi connectivity index (χ2n) is 3.98. The molecule has 1 amide bonds. The van der Waals surface area contributed by atoms with Crippen LogP contribution in [0.15, 0.2) is 24.3 Å². The van der Waals surface area contributed by atoms with Crippen molar-refractivity contribution in [2.45, 2.75) is 26.2 Å². The molecule has 1 rings (SSSR count). The fourth-order valence-corrected chi connectivity index (χ4v) is 1.41. The van der Waals surface area contributed by atoms with Crippen LogP contribution in [0.4, 0.5) is 0 Å². The number of aliphatic carboxylic acids is 1. The van der Waals surface area contributed by atoms with E-state index in [4.69, 9.17) is 5.11 Å². The highest BCUT2D eigenvalue weighted by atomic mass is 16.4. The lowest BCUT2D eigenvalue weighted by Crippen LogP contribution is -2.26. The van der Waals surface area contributed by atoms with E-state index in [0.717, 1.165) is 5.56 Å². The van der Waals surface area contributed by atoms with Gasteiger partial charge in [0.05, 0.1) is 6.42 Å². The molecular weight excluding hydrogens is 218 g/mol. The number of carboxylic acids is 1. The van der Waals surface area contributed by atoms with Gasteiger partial charge in [0.15, 0.2) is 0 Å². The van der Waals surface area contributed by atoms with Crippen molar-refractivity contribution in [2.75, 3.05) is 6.54 Å². The Bertz CT molecular complexity index is 384. The third-order valence-electron chi connectivity index (χ3n) is 2.42. The van der Waals surface area contributed by atoms with Gasteiger partial charge in [0, 0.05) is 13.0 Å². The molecule has 0 aromatic heterocycles. The summed E-state index contributed by atoms with van der Waals surface area (Å²) in [4.78, 5) is 21.6. The zero-order valence-electron chi connectivity index (χ0n) is 9.90. The average molecular weight is 235 g/mol. The van der Waals surface area contributed by atoms with E-state index in [1.54, 1.807) is 0 Å². The van der Waals surface area contributed by atoms with Crippen LogP contribution < -0.4 is 5.32 Å². The molecule has 0 saturated carbocycles. The normalized spacial score (nSPS) is 9.94. The summed E-state index contributed by atoms with van der Waals surface area (Å²) < 4.78 is 0. The lowest BCUT2D eigenvalue weighted by molar-refractivity contribution is -0.136. The third kappa shape index (κ3) is 5.70. The van der Waals surface area contributed by atoms with Gasteiger partial charge in [-0.15, -0.1) is 0 Å². The van der Waals surface area contributed by atoms with Gasteiger partial charge in [-0.25, -0.2) is 0 Å². The molecule has 0 bridgehead atoms. The van der Waals surface area contributed by atoms with Gasteiger partial charge in [0.2, 0.25) is 5.91 Å². The molecule has 4 heteroatoms. The summed E-state index contributed by atoms with van der Waals surface area (Å²) in [5.41, 5.74) is 2.31. The van der Waals surface area contributed by atoms with E-state index in [9.17, 15) is 9.59 Å². The first-order valence-electron chi connectivity index (χ1n) is 5.62. The minimum Gasteiger partial charge on any atom is -0.481 e. The summed E-state index contributed by atoms with van der Waals surface area (Å²) in [6, 6.07) is 8.02. The van der Waals surface area contributed by atoms with Crippen LogP contribution in [0.5, 0.6) is 0 Å². The molecule has 0 heterocycles. The monoisotopic (exact) mass is 235 g/mol. The van der Waals surface area contributed by atoms with Crippen molar-refractivity contribution in [1.29, 1.82) is 0 Å². The van der Waals surface area contributed by atoms with Gasteiger partial charge in [0.25, 0.3) is 0 Å². The maximum atomic E-state index is 11.4. The Balaban J connectivity index is 2.23. The minimum atomic E-state index is -0.899. The van der Waals surface area contributed by atoms with Gasteiger partial charge >= 0.3 is 5.97 Å². The molecule has 1 aromatic carbocycles. The smallest absolute Gasteiger partial charge is 0.305 e. The minimum absolute atomic E-state index is 0.0315. The maximum absolute atomic E-state index is 11.4. The van der Waals surface area contributed by atoms with Crippen molar-refractivity contribution in [3.63, 3.8) is 0 Å². The number of hydrogen-bond donors (Lipinski definition) is 2. The van der Waals surface area contributed by atoms with E-state index >= 15 is 0 Å². The van der Waals surface area contributed by atoms with Gasteiger partial charge in [-0.05, 0) is 18.9 Å². The summed E-state index contributed by atoms with van der Waals surface area (Å²) in [5.74, 6) is -1.00. The molecule has 0 radical (unpaired) electrons. The zero-order valence-corrected chi connectivity index (χ0v) is 9.90. The Kier molecular flexibility index (Phi) is 5.20. The quantitative estimate of drug-likeness (QED) is 0.785. The van der Waals surface area contributed by atoms with E-state index in [1.165, 1.54) is 5.56 Å². The van der Waals surface area contributed by atoms with Crippen LogP contribution in [0.25, 0.3) is 0 Å². The summed E-state index contributed by atoms with van der Waals surface area (Å²) in [7, 11) is 0. The fourth-order valence-electron chi connectivity index (χ4n) is 1.41. The van der Waals surface area contributed by atoms with Gasteiger partial charge in [-0.2, -0.15) is 0 Å². The highest BCUT2D eigenvalue weighted by Crippen LogP contribution is 2.05. The number of nitrogens with one attached hydrogen (secondary N) is 1. The molecule has 17 heavy (non-hydrogen) atoms. The van der Waals surface area contributed by atoms with Crippen LogP contribution in [0, 0.1) is 6.92 Å². The van der Waals surface area contributed by atoms with Crippen molar-refractivity contribution in [3.8, 4) is 0 Å². The Morgan fingerprint density at radius 2 is 1.82 bits per heavy atom. The fraction of sp³-hybridized carbons (Fsp3) is 0.385. The molecule has 0 aliphatic carbocycles. The zero-order chi connectivity index (χ0) is 12.7. The number of hydrogen-bond acceptors (Lipinski definition) is 2. The van der Waals surface area contributed by atoms with Crippen molar-refractivity contribution >= 4 is 11.9 Å². The van der Waals surface area contributed by atoms with Crippen LogP contribution in [0.3, 0.4) is 0 Å². The lowest BCUT2D eigenvalue weighted by Gasteiger charge is -2.04. The second kappa shape index (κ2) is 6.68. The van der Waals surface area contributed by atoms with Crippen LogP contribution in [0.1, 0.15) is 24.0 Å². The SMILES string of the molecule is Cc1ccc(CCC(=O)NCCC(=O)O)cc1. The standard InChI is InChI=1S/C13H17NO3/c1-10-2-4-11(5-3-10)6-7-12(15)14-9-8-13(16)17/h2-5H,6-9H2,1H3,(H,14,15)(H,16,17). The predicted octanol–water partition coefficient (Wildman–Crippen LogP) is 1.52. The number of carbonyl (C=O) groups excluding carboxylic acids is 1. The molecule has 0 aliphatic rings. The number of amides is 1. The number of benzene rings is 1. The Morgan fingerprint density at radius 3 is 2.41 bits per heavy atom. The van der Waals surface area contributed by atoms with Gasteiger partial charge in [-0.1, -0.05) is 29.8 Å². The molecule has 1 aromatic rings. The molecular formula is C13H17NO3. The molecule has 4 nitrogen and oxygen atoms in total. The Morgan fingerprint density at radius 1 is 1.18 bits per heavy atom. The van der Waals surface area contributed by atoms with Crippen molar-refractivity contribution in [1.82, 2.24) is 5.32 Å². The summed E-state index contributed by atoms with van der Waals surface area (Å²) in [6.07, 6.45) is 1.04. The molecule has 0 fully saturated rings. The second-order valence-corrected chi connectivity index (χ2v) is 3.98. The summed E-state index contributed by atoms with van der Waals surface area (Å²) in [5, 5.41) is 11.0. The van der Waals surface area contributed by atoms with Crippen molar-refractivity contribution < 1.29 is 14.7 Å². The molecule has 0 atom stereocenters. The van der Waals surface area contributed by atoms with Gasteiger partial charge < -0.3 is 10.4 Å². The third-order valence-corrected chi connectivity index (χ3v) is 2.42. The predicted molar refractivity (Wildman–Crippen MR) is 64.8 cm³/mol. The van der Waals surface area contributed by atoms with Gasteiger partial charge in [-0.3, -0.25) is 9.59 Å². The molecule has 0 aliphatic heterocycles. The lowest BCUT2D eigenvalue weighted by atomic mass is 10.1. The number of carbonyl (C=O) groups is 2. The topological polar surface area (TPSA) is 66.4 Å². The number of carboxylic acid groups (broad SMARTS) is 1. The first-order valence-corrected chi connectivity index (χ1v) is 5.62. The first-order chi connectivity index (χ1) is 8.08. The molecule has 92 valence electrons. The van der Waals surface area contributed by atoms with Crippen LogP contribution >= 0.6 is 0 Å². The van der Waals surface area contributed by atoms with Crippen molar-refractivity contribution in [3.05, 3.63) is 35.4 Å². The van der Waals surface area contributed by atoms with Crippen LogP contribution in [-0.4, -0.2) is 23.5 Å². The largest absolute Gasteiger partial charge is 0.481 e. The summed E-state index contributed by atoms with van der Waals surface area (Å²) >= 11 is 0. The average Bonchev–Trinajstić information content (AvgIpc) is 2.28. The van der Waals surface area contributed by atoms with E-state index < -0.39 is 5.97 Å². The number of aryl methyl sites for hydroxylation is 2.